The first kappa shape index (κ1) is 10.8. The van der Waals surface area contributed by atoms with Crippen molar-refractivity contribution in [3.05, 3.63) is 23.2 Å². The van der Waals surface area contributed by atoms with Crippen molar-refractivity contribution in [3.63, 3.8) is 0 Å². The van der Waals surface area contributed by atoms with Crippen molar-refractivity contribution in [1.82, 2.24) is 10.3 Å². The Hall–Kier alpha value is -1.13. The highest BCUT2D eigenvalue weighted by molar-refractivity contribution is 7.18. The molecule has 0 saturated carbocycles. The molecule has 18 heavy (non-hydrogen) atoms. The Morgan fingerprint density at radius 1 is 1.39 bits per heavy atom. The molecule has 1 N–H and O–H groups in total. The quantitative estimate of drug-likeness (QED) is 0.901. The molecule has 0 amide bonds. The zero-order valence-electron chi connectivity index (χ0n) is 10.3. The second kappa shape index (κ2) is 3.93. The van der Waals surface area contributed by atoms with Gasteiger partial charge in [0, 0.05) is 18.0 Å². The van der Waals surface area contributed by atoms with Gasteiger partial charge in [-0.1, -0.05) is 0 Å². The topological polar surface area (TPSA) is 34.1 Å². The van der Waals surface area contributed by atoms with Gasteiger partial charge in [-0.05, 0) is 37.5 Å². The van der Waals surface area contributed by atoms with Gasteiger partial charge >= 0.3 is 0 Å². The highest BCUT2D eigenvalue weighted by Crippen LogP contribution is 2.42. The summed E-state index contributed by atoms with van der Waals surface area (Å²) in [6.07, 6.45) is 3.93. The van der Waals surface area contributed by atoms with E-state index in [4.69, 9.17) is 9.72 Å². The highest BCUT2D eigenvalue weighted by Gasteiger charge is 2.41. The molecule has 2 fully saturated rings. The fourth-order valence-corrected chi connectivity index (χ4v) is 4.48. The van der Waals surface area contributed by atoms with Crippen molar-refractivity contribution in [3.8, 4) is 5.75 Å². The maximum atomic E-state index is 5.27. The number of nitrogens with one attached hydrogen (secondary N) is 1. The van der Waals surface area contributed by atoms with Gasteiger partial charge in [-0.25, -0.2) is 4.98 Å². The predicted octanol–water partition coefficient (Wildman–Crippen LogP) is 2.91. The van der Waals surface area contributed by atoms with Crippen LogP contribution < -0.4 is 10.1 Å². The van der Waals surface area contributed by atoms with E-state index in [1.807, 2.05) is 17.4 Å². The molecular weight excluding hydrogens is 244 g/mol. The van der Waals surface area contributed by atoms with Crippen LogP contribution in [0.25, 0.3) is 10.2 Å². The molecule has 3 unspecified atom stereocenters. The number of rotatable bonds is 2. The maximum absolute atomic E-state index is 5.27. The van der Waals surface area contributed by atoms with Crippen molar-refractivity contribution in [2.45, 2.75) is 37.3 Å². The summed E-state index contributed by atoms with van der Waals surface area (Å²) < 4.78 is 6.52. The fourth-order valence-electron chi connectivity index (χ4n) is 3.31. The van der Waals surface area contributed by atoms with Gasteiger partial charge in [0.25, 0.3) is 0 Å². The summed E-state index contributed by atoms with van der Waals surface area (Å²) in [7, 11) is 1.71. The summed E-state index contributed by atoms with van der Waals surface area (Å²) in [5, 5.41) is 4.99. The molecule has 2 aliphatic heterocycles. The number of aromatic nitrogens is 1. The largest absolute Gasteiger partial charge is 0.497 e. The average Bonchev–Trinajstić information content (AvgIpc) is 3.11. The number of methoxy groups -OCH3 is 1. The molecule has 0 spiro atoms. The Balaban J connectivity index is 1.73. The third kappa shape index (κ3) is 1.56. The zero-order valence-corrected chi connectivity index (χ0v) is 11.2. The third-order valence-corrected chi connectivity index (χ3v) is 5.38. The molecular formula is C14H16N2OS. The van der Waals surface area contributed by atoms with E-state index in [1.165, 1.54) is 29.0 Å². The molecule has 1 aromatic heterocycles. The van der Waals surface area contributed by atoms with Gasteiger partial charge in [-0.3, -0.25) is 0 Å². The molecule has 94 valence electrons. The molecule has 1 aromatic carbocycles. The monoisotopic (exact) mass is 260 g/mol. The Kier molecular flexibility index (Phi) is 2.35. The lowest BCUT2D eigenvalue weighted by atomic mass is 9.90. The Labute approximate surface area is 110 Å². The van der Waals surface area contributed by atoms with Gasteiger partial charge in [0.15, 0.2) is 0 Å². The van der Waals surface area contributed by atoms with E-state index in [-0.39, 0.29) is 0 Å². The number of hydrogen-bond donors (Lipinski definition) is 1. The van der Waals surface area contributed by atoms with Crippen LogP contribution in [-0.2, 0) is 0 Å². The van der Waals surface area contributed by atoms with Crippen LogP contribution in [0.5, 0.6) is 5.75 Å². The second-order valence-electron chi connectivity index (χ2n) is 5.28. The molecule has 3 nitrogen and oxygen atoms in total. The molecule has 0 aliphatic carbocycles. The lowest BCUT2D eigenvalue weighted by Crippen LogP contribution is -2.21. The van der Waals surface area contributed by atoms with Crippen LogP contribution in [0.4, 0.5) is 0 Å². The first-order valence-electron chi connectivity index (χ1n) is 6.54. The number of benzene rings is 1. The number of fused-ring (bicyclic) bond motifs is 3. The van der Waals surface area contributed by atoms with Crippen LogP contribution in [0, 0.1) is 0 Å². The minimum absolute atomic E-state index is 0.632. The molecule has 2 bridgehead atoms. The fraction of sp³-hybridized carbons (Fsp3) is 0.500. The minimum Gasteiger partial charge on any atom is -0.497 e. The minimum atomic E-state index is 0.632. The van der Waals surface area contributed by atoms with Crippen molar-refractivity contribution < 1.29 is 4.74 Å². The van der Waals surface area contributed by atoms with E-state index in [9.17, 15) is 0 Å². The van der Waals surface area contributed by atoms with Crippen LogP contribution in [0.2, 0.25) is 0 Å². The molecule has 4 rings (SSSR count). The molecule has 2 aromatic rings. The van der Waals surface area contributed by atoms with Crippen LogP contribution in [0.15, 0.2) is 18.2 Å². The summed E-state index contributed by atoms with van der Waals surface area (Å²) in [4.78, 5) is 4.81. The summed E-state index contributed by atoms with van der Waals surface area (Å²) >= 11 is 1.83. The van der Waals surface area contributed by atoms with E-state index in [2.05, 4.69) is 17.4 Å². The number of hydrogen-bond acceptors (Lipinski definition) is 4. The van der Waals surface area contributed by atoms with Crippen LogP contribution in [0.1, 0.15) is 30.2 Å². The first-order chi connectivity index (χ1) is 8.83. The van der Waals surface area contributed by atoms with Crippen LogP contribution in [0.3, 0.4) is 0 Å². The van der Waals surface area contributed by atoms with Gasteiger partial charge in [-0.2, -0.15) is 0 Å². The summed E-state index contributed by atoms with van der Waals surface area (Å²) in [5.41, 5.74) is 1.11. The van der Waals surface area contributed by atoms with E-state index in [0.717, 1.165) is 17.3 Å². The van der Waals surface area contributed by atoms with Gasteiger partial charge in [0.2, 0.25) is 0 Å². The maximum Gasteiger partial charge on any atom is 0.120 e. The average molecular weight is 260 g/mol. The van der Waals surface area contributed by atoms with E-state index in [1.54, 1.807) is 7.11 Å². The Morgan fingerprint density at radius 2 is 2.33 bits per heavy atom. The molecule has 2 saturated heterocycles. The normalized spacial score (nSPS) is 30.2. The standard InChI is InChI=1S/C14H16N2OS/c1-17-9-3-5-12-13(7-9)18-14(16-12)10-6-8-2-4-11(10)15-8/h3,5,7-8,10-11,15H,2,4,6H2,1H3. The summed E-state index contributed by atoms with van der Waals surface area (Å²) in [5.74, 6) is 1.55. The van der Waals surface area contributed by atoms with Crippen molar-refractivity contribution in [2.24, 2.45) is 0 Å². The zero-order chi connectivity index (χ0) is 12.1. The van der Waals surface area contributed by atoms with Crippen molar-refractivity contribution >= 4 is 21.6 Å². The lowest BCUT2D eigenvalue weighted by molar-refractivity contribution is 0.415. The summed E-state index contributed by atoms with van der Waals surface area (Å²) in [6.45, 7) is 0. The second-order valence-corrected chi connectivity index (χ2v) is 6.34. The molecule has 2 aliphatic rings. The molecule has 3 atom stereocenters. The summed E-state index contributed by atoms with van der Waals surface area (Å²) in [6, 6.07) is 7.55. The van der Waals surface area contributed by atoms with Gasteiger partial charge in [0.1, 0.15) is 5.75 Å². The van der Waals surface area contributed by atoms with E-state index < -0.39 is 0 Å². The molecule has 4 heteroatoms. The van der Waals surface area contributed by atoms with Crippen LogP contribution >= 0.6 is 11.3 Å². The first-order valence-corrected chi connectivity index (χ1v) is 7.35. The van der Waals surface area contributed by atoms with Gasteiger partial charge < -0.3 is 10.1 Å². The van der Waals surface area contributed by atoms with Gasteiger partial charge in [0.05, 0.1) is 22.3 Å². The highest BCUT2D eigenvalue weighted by atomic mass is 32.1. The van der Waals surface area contributed by atoms with Crippen LogP contribution in [-0.4, -0.2) is 24.2 Å². The third-order valence-electron chi connectivity index (χ3n) is 4.23. The predicted molar refractivity (Wildman–Crippen MR) is 73.5 cm³/mol. The van der Waals surface area contributed by atoms with Crippen molar-refractivity contribution in [1.29, 1.82) is 0 Å². The van der Waals surface area contributed by atoms with E-state index >= 15 is 0 Å². The molecule has 3 heterocycles. The van der Waals surface area contributed by atoms with E-state index in [0.29, 0.717) is 12.0 Å². The van der Waals surface area contributed by atoms with Crippen molar-refractivity contribution in [2.75, 3.05) is 7.11 Å². The Morgan fingerprint density at radius 3 is 3.06 bits per heavy atom. The number of ether oxygens (including phenoxy) is 1. The number of thiazole rings is 1. The van der Waals surface area contributed by atoms with Gasteiger partial charge in [-0.15, -0.1) is 11.3 Å². The SMILES string of the molecule is COc1ccc2nc(C3CC4CCC3N4)sc2c1. The lowest BCUT2D eigenvalue weighted by Gasteiger charge is -2.16. The Bertz CT molecular complexity index is 594. The smallest absolute Gasteiger partial charge is 0.120 e. The molecule has 0 radical (unpaired) electrons. The number of nitrogens with zero attached hydrogens (tertiary/aromatic N) is 1.